The van der Waals surface area contributed by atoms with Gasteiger partial charge in [0.05, 0.1) is 6.04 Å². The lowest BCUT2D eigenvalue weighted by Gasteiger charge is -2.44. The molecular formula is C14H14BrClN4OS. The van der Waals surface area contributed by atoms with Crippen molar-refractivity contribution in [3.05, 3.63) is 45.9 Å². The Labute approximate surface area is 145 Å². The number of nitrogens with one attached hydrogen (secondary N) is 2. The van der Waals surface area contributed by atoms with Crippen molar-refractivity contribution in [2.45, 2.75) is 11.4 Å². The number of halogens is 2. The SMILES string of the molecule is O=C1C(Cl)C(c2ccccc2Br)N1NCCNc1nccs1. The summed E-state index contributed by atoms with van der Waals surface area (Å²) >= 11 is 11.2. The molecule has 1 fully saturated rings. The van der Waals surface area contributed by atoms with E-state index >= 15 is 0 Å². The van der Waals surface area contributed by atoms with Crippen molar-refractivity contribution in [1.82, 2.24) is 15.4 Å². The Morgan fingerprint density at radius 1 is 1.36 bits per heavy atom. The van der Waals surface area contributed by atoms with Crippen LogP contribution in [0.15, 0.2) is 40.3 Å². The molecule has 8 heteroatoms. The van der Waals surface area contributed by atoms with Crippen LogP contribution in [0.3, 0.4) is 0 Å². The second-order valence-corrected chi connectivity index (χ2v) is 6.97. The minimum atomic E-state index is -0.530. The first kappa shape index (κ1) is 15.7. The fraction of sp³-hybridized carbons (Fsp3) is 0.286. The highest BCUT2D eigenvalue weighted by molar-refractivity contribution is 9.10. The molecule has 2 atom stereocenters. The molecule has 2 heterocycles. The quantitative estimate of drug-likeness (QED) is 0.444. The molecule has 3 rings (SSSR count). The Morgan fingerprint density at radius 3 is 2.91 bits per heavy atom. The number of alkyl halides is 1. The number of thiazole rings is 1. The number of rotatable bonds is 6. The van der Waals surface area contributed by atoms with Gasteiger partial charge in [-0.2, -0.15) is 0 Å². The number of β-lactam (4-membered cyclic amide) rings is 1. The number of hydrazine groups is 1. The zero-order valence-electron chi connectivity index (χ0n) is 11.5. The molecule has 1 amide bonds. The van der Waals surface area contributed by atoms with Gasteiger partial charge in [-0.25, -0.2) is 10.4 Å². The molecule has 0 saturated carbocycles. The lowest BCUT2D eigenvalue weighted by atomic mass is 9.95. The summed E-state index contributed by atoms with van der Waals surface area (Å²) in [6, 6.07) is 7.63. The molecule has 1 aliphatic rings. The largest absolute Gasteiger partial charge is 0.360 e. The Kier molecular flexibility index (Phi) is 4.97. The van der Waals surface area contributed by atoms with Gasteiger partial charge in [0.1, 0.15) is 5.38 Å². The van der Waals surface area contributed by atoms with E-state index in [1.807, 2.05) is 29.6 Å². The van der Waals surface area contributed by atoms with E-state index in [0.29, 0.717) is 13.1 Å². The van der Waals surface area contributed by atoms with Crippen LogP contribution in [0.4, 0.5) is 5.13 Å². The molecule has 5 nitrogen and oxygen atoms in total. The standard InChI is InChI=1S/C14H14BrClN4OS/c15-10-4-2-1-3-9(10)12-11(16)13(21)20(12)19-6-5-17-14-18-7-8-22-14/h1-4,7-8,11-12,19H,5-6H2,(H,17,18). The predicted molar refractivity (Wildman–Crippen MR) is 92.0 cm³/mol. The van der Waals surface area contributed by atoms with Crippen LogP contribution in [0, 0.1) is 0 Å². The number of nitrogens with zero attached hydrogens (tertiary/aromatic N) is 2. The molecule has 2 aromatic rings. The van der Waals surface area contributed by atoms with E-state index in [2.05, 4.69) is 31.7 Å². The molecule has 0 aliphatic carbocycles. The Bertz CT molecular complexity index is 654. The van der Waals surface area contributed by atoms with Gasteiger partial charge in [0.25, 0.3) is 5.91 Å². The summed E-state index contributed by atoms with van der Waals surface area (Å²) in [6.07, 6.45) is 1.75. The maximum absolute atomic E-state index is 12.0. The number of hydrogen-bond acceptors (Lipinski definition) is 5. The lowest BCUT2D eigenvalue weighted by molar-refractivity contribution is -0.151. The third-order valence-corrected chi connectivity index (χ3v) is 5.25. The van der Waals surface area contributed by atoms with E-state index in [1.165, 1.54) is 0 Å². The summed E-state index contributed by atoms with van der Waals surface area (Å²) < 4.78 is 0.950. The van der Waals surface area contributed by atoms with Gasteiger partial charge in [-0.15, -0.1) is 22.9 Å². The summed E-state index contributed by atoms with van der Waals surface area (Å²) in [5.41, 5.74) is 4.13. The van der Waals surface area contributed by atoms with Crippen LogP contribution in [0.1, 0.15) is 11.6 Å². The molecule has 0 spiro atoms. The zero-order chi connectivity index (χ0) is 15.5. The Balaban J connectivity index is 1.57. The second-order valence-electron chi connectivity index (χ2n) is 4.75. The molecule has 1 aliphatic heterocycles. The first-order chi connectivity index (χ1) is 10.7. The average Bonchev–Trinajstić information content (AvgIpc) is 3.04. The lowest BCUT2D eigenvalue weighted by Crippen LogP contribution is -2.62. The topological polar surface area (TPSA) is 57.3 Å². The fourth-order valence-electron chi connectivity index (χ4n) is 2.30. The number of carbonyl (C=O) groups is 1. The number of hydrogen-bond donors (Lipinski definition) is 2. The minimum absolute atomic E-state index is 0.100. The first-order valence-electron chi connectivity index (χ1n) is 6.77. The molecule has 116 valence electrons. The van der Waals surface area contributed by atoms with Crippen LogP contribution < -0.4 is 10.7 Å². The highest BCUT2D eigenvalue weighted by Gasteiger charge is 2.47. The number of carbonyl (C=O) groups excluding carboxylic acids is 1. The summed E-state index contributed by atoms with van der Waals surface area (Å²) in [7, 11) is 0. The van der Waals surface area contributed by atoms with Crippen molar-refractivity contribution in [2.75, 3.05) is 18.4 Å². The highest BCUT2D eigenvalue weighted by Crippen LogP contribution is 2.39. The number of benzene rings is 1. The summed E-state index contributed by atoms with van der Waals surface area (Å²) in [4.78, 5) is 16.1. The molecule has 0 radical (unpaired) electrons. The third-order valence-electron chi connectivity index (χ3n) is 3.37. The summed E-state index contributed by atoms with van der Waals surface area (Å²) in [5, 5.41) is 7.04. The van der Waals surface area contributed by atoms with Crippen molar-refractivity contribution < 1.29 is 4.79 Å². The normalized spacial score (nSPS) is 20.8. The van der Waals surface area contributed by atoms with Crippen LogP contribution in [0.25, 0.3) is 0 Å². The molecule has 1 aromatic heterocycles. The predicted octanol–water partition coefficient (Wildman–Crippen LogP) is 3.01. The van der Waals surface area contributed by atoms with Gasteiger partial charge in [0.2, 0.25) is 0 Å². The molecule has 2 N–H and O–H groups in total. The van der Waals surface area contributed by atoms with E-state index in [1.54, 1.807) is 22.5 Å². The summed E-state index contributed by atoms with van der Waals surface area (Å²) in [5.74, 6) is -0.100. The van der Waals surface area contributed by atoms with Gasteiger partial charge in [-0.05, 0) is 11.6 Å². The monoisotopic (exact) mass is 400 g/mol. The first-order valence-corrected chi connectivity index (χ1v) is 8.88. The van der Waals surface area contributed by atoms with E-state index < -0.39 is 5.38 Å². The van der Waals surface area contributed by atoms with Crippen LogP contribution in [-0.4, -0.2) is 34.4 Å². The smallest absolute Gasteiger partial charge is 0.257 e. The Morgan fingerprint density at radius 2 is 2.18 bits per heavy atom. The maximum Gasteiger partial charge on any atom is 0.257 e. The molecule has 2 unspecified atom stereocenters. The van der Waals surface area contributed by atoms with Gasteiger partial charge in [0.15, 0.2) is 5.13 Å². The maximum atomic E-state index is 12.0. The number of amides is 1. The molecule has 22 heavy (non-hydrogen) atoms. The van der Waals surface area contributed by atoms with Crippen molar-refractivity contribution >= 4 is 49.9 Å². The highest BCUT2D eigenvalue weighted by atomic mass is 79.9. The molecule has 1 aromatic carbocycles. The van der Waals surface area contributed by atoms with Crippen molar-refractivity contribution in [3.8, 4) is 0 Å². The van der Waals surface area contributed by atoms with Crippen molar-refractivity contribution in [2.24, 2.45) is 0 Å². The zero-order valence-corrected chi connectivity index (χ0v) is 14.7. The second kappa shape index (κ2) is 6.95. The number of anilines is 1. The number of aromatic nitrogens is 1. The van der Waals surface area contributed by atoms with Gasteiger partial charge >= 0.3 is 0 Å². The van der Waals surface area contributed by atoms with Gasteiger partial charge in [0, 0.05) is 29.1 Å². The van der Waals surface area contributed by atoms with Gasteiger partial charge in [-0.1, -0.05) is 34.1 Å². The van der Waals surface area contributed by atoms with Crippen molar-refractivity contribution in [1.29, 1.82) is 0 Å². The van der Waals surface area contributed by atoms with Gasteiger partial charge < -0.3 is 5.32 Å². The molecule has 1 saturated heterocycles. The van der Waals surface area contributed by atoms with Crippen molar-refractivity contribution in [3.63, 3.8) is 0 Å². The fourth-order valence-corrected chi connectivity index (χ4v) is 3.73. The van der Waals surface area contributed by atoms with Crippen LogP contribution in [-0.2, 0) is 4.79 Å². The van der Waals surface area contributed by atoms with Crippen LogP contribution in [0.2, 0.25) is 0 Å². The van der Waals surface area contributed by atoms with E-state index in [9.17, 15) is 4.79 Å². The van der Waals surface area contributed by atoms with E-state index in [4.69, 9.17) is 11.6 Å². The average molecular weight is 402 g/mol. The molecular weight excluding hydrogens is 388 g/mol. The Hall–Kier alpha value is -1.15. The van der Waals surface area contributed by atoms with Crippen LogP contribution in [0.5, 0.6) is 0 Å². The van der Waals surface area contributed by atoms with Gasteiger partial charge in [-0.3, -0.25) is 9.80 Å². The van der Waals surface area contributed by atoms with Crippen LogP contribution >= 0.6 is 38.9 Å². The van der Waals surface area contributed by atoms with E-state index in [-0.39, 0.29) is 11.9 Å². The third kappa shape index (κ3) is 3.12. The van der Waals surface area contributed by atoms with E-state index in [0.717, 1.165) is 15.2 Å². The minimum Gasteiger partial charge on any atom is -0.360 e. The molecule has 0 bridgehead atoms. The summed E-state index contributed by atoms with van der Waals surface area (Å²) in [6.45, 7) is 1.28.